The molecular weight excluding hydrogens is 432 g/mol. The smallest absolute Gasteiger partial charge is 0.248 e. The first-order valence-corrected chi connectivity index (χ1v) is 11.1. The van der Waals surface area contributed by atoms with Gasteiger partial charge in [0.2, 0.25) is 5.91 Å². The van der Waals surface area contributed by atoms with E-state index in [-0.39, 0.29) is 19.1 Å². The van der Waals surface area contributed by atoms with Crippen molar-refractivity contribution in [3.8, 4) is 11.5 Å². The number of aliphatic hydroxyl groups excluding tert-OH is 2. The average molecular weight is 463 g/mol. The molecular formula is C27H30N2O5. The summed E-state index contributed by atoms with van der Waals surface area (Å²) in [4.78, 5) is 12.2. The zero-order chi connectivity index (χ0) is 24.2. The number of benzene rings is 3. The third kappa shape index (κ3) is 7.65. The highest BCUT2D eigenvalue weighted by Gasteiger charge is 2.22. The molecule has 0 aliphatic rings. The molecule has 0 heterocycles. The quantitative estimate of drug-likeness (QED) is 0.238. The number of para-hydroxylation sites is 3. The number of anilines is 2. The molecule has 0 bridgehead atoms. The fraction of sp³-hybridized carbons (Fsp3) is 0.222. The van der Waals surface area contributed by atoms with Gasteiger partial charge in [0, 0.05) is 0 Å². The Kier molecular flexibility index (Phi) is 9.52. The van der Waals surface area contributed by atoms with Gasteiger partial charge in [-0.15, -0.1) is 0 Å². The van der Waals surface area contributed by atoms with Crippen molar-refractivity contribution in [3.63, 3.8) is 0 Å². The number of hydrogen-bond acceptors (Lipinski definition) is 6. The summed E-state index contributed by atoms with van der Waals surface area (Å²) in [5, 5.41) is 22.7. The van der Waals surface area contributed by atoms with Crippen LogP contribution in [0.3, 0.4) is 0 Å². The molecule has 0 spiro atoms. The molecule has 1 amide bonds. The maximum atomic E-state index is 12.2. The second-order valence-corrected chi connectivity index (χ2v) is 7.61. The minimum Gasteiger partial charge on any atom is -0.491 e. The third-order valence-electron chi connectivity index (χ3n) is 5.07. The summed E-state index contributed by atoms with van der Waals surface area (Å²) in [6.07, 6.45) is 2.77. The first kappa shape index (κ1) is 24.8. The lowest BCUT2D eigenvalue weighted by Crippen LogP contribution is -2.25. The monoisotopic (exact) mass is 462 g/mol. The molecule has 3 aromatic carbocycles. The van der Waals surface area contributed by atoms with Gasteiger partial charge < -0.3 is 30.7 Å². The highest BCUT2D eigenvalue weighted by atomic mass is 16.5. The molecule has 7 heteroatoms. The molecule has 0 fully saturated rings. The molecule has 0 saturated heterocycles. The number of aliphatic hydroxyl groups is 2. The highest BCUT2D eigenvalue weighted by molar-refractivity contribution is 6.01. The van der Waals surface area contributed by atoms with Crippen LogP contribution >= 0.6 is 0 Å². The molecule has 0 aliphatic carbocycles. The van der Waals surface area contributed by atoms with E-state index >= 15 is 0 Å². The molecule has 0 aliphatic heterocycles. The number of nitrogens with two attached hydrogens (primary N) is 1. The van der Waals surface area contributed by atoms with Crippen molar-refractivity contribution in [2.24, 2.45) is 0 Å². The number of nitrogens with one attached hydrogen (secondary N) is 1. The lowest BCUT2D eigenvalue weighted by molar-refractivity contribution is -0.111. The average Bonchev–Trinajstić information content (AvgIpc) is 2.86. The number of carbonyl (C=O) groups excluding carboxylic acids is 1. The van der Waals surface area contributed by atoms with Gasteiger partial charge in [0.05, 0.1) is 18.0 Å². The van der Waals surface area contributed by atoms with Crippen LogP contribution in [-0.4, -0.2) is 35.4 Å². The summed E-state index contributed by atoms with van der Waals surface area (Å²) in [6, 6.07) is 23.4. The fourth-order valence-electron chi connectivity index (χ4n) is 3.33. The van der Waals surface area contributed by atoms with Gasteiger partial charge in [-0.2, -0.15) is 0 Å². The zero-order valence-corrected chi connectivity index (χ0v) is 18.8. The molecule has 0 aromatic heterocycles. The molecule has 7 nitrogen and oxygen atoms in total. The Labute approximate surface area is 199 Å². The second-order valence-electron chi connectivity index (χ2n) is 7.61. The molecule has 178 valence electrons. The molecule has 0 saturated carbocycles. The summed E-state index contributed by atoms with van der Waals surface area (Å²) < 4.78 is 11.5. The van der Waals surface area contributed by atoms with E-state index in [0.717, 1.165) is 0 Å². The van der Waals surface area contributed by atoms with Crippen molar-refractivity contribution < 1.29 is 24.5 Å². The van der Waals surface area contributed by atoms with Gasteiger partial charge in [0.15, 0.2) is 0 Å². The van der Waals surface area contributed by atoms with Crippen LogP contribution in [0.4, 0.5) is 11.4 Å². The number of allylic oxidation sites excluding steroid dienone is 1. The van der Waals surface area contributed by atoms with Gasteiger partial charge >= 0.3 is 0 Å². The van der Waals surface area contributed by atoms with Crippen molar-refractivity contribution in [3.05, 3.63) is 96.6 Å². The van der Waals surface area contributed by atoms with Gasteiger partial charge in [-0.05, 0) is 60.9 Å². The Morgan fingerprint density at radius 2 is 1.68 bits per heavy atom. The van der Waals surface area contributed by atoms with Crippen LogP contribution < -0.4 is 20.5 Å². The summed E-state index contributed by atoms with van der Waals surface area (Å²) in [7, 11) is 0. The van der Waals surface area contributed by atoms with Crippen LogP contribution in [0.2, 0.25) is 0 Å². The summed E-state index contributed by atoms with van der Waals surface area (Å²) in [5.74, 6) is 0.978. The minimum absolute atomic E-state index is 0.0678. The Hall–Kier alpha value is -3.81. The standard InChI is InChI=1S/C27H30N2O5/c28-23-10-4-5-11-24(23)29-26(31)13-7-6-12-25(34-22-8-2-1-3-9-22)27(32)20-14-16-21(17-15-20)33-19-18-30/h1-5,7-11,13-17,25,27,30,32H,6,12,18-19,28H2,(H,29,31)/b13-7+/t25-,27-/m0/s1. The van der Waals surface area contributed by atoms with E-state index in [0.29, 0.717) is 41.3 Å². The largest absolute Gasteiger partial charge is 0.491 e. The van der Waals surface area contributed by atoms with E-state index < -0.39 is 12.2 Å². The van der Waals surface area contributed by atoms with Gasteiger partial charge in [0.25, 0.3) is 0 Å². The molecule has 2 atom stereocenters. The predicted molar refractivity (Wildman–Crippen MR) is 133 cm³/mol. The summed E-state index contributed by atoms with van der Waals surface area (Å²) in [6.45, 7) is 0.139. The van der Waals surface area contributed by atoms with E-state index in [4.69, 9.17) is 20.3 Å². The van der Waals surface area contributed by atoms with Crippen molar-refractivity contribution >= 4 is 17.3 Å². The van der Waals surface area contributed by atoms with E-state index in [1.165, 1.54) is 6.08 Å². The van der Waals surface area contributed by atoms with Crippen LogP contribution in [0, 0.1) is 0 Å². The van der Waals surface area contributed by atoms with E-state index in [2.05, 4.69) is 5.32 Å². The molecule has 3 rings (SSSR count). The third-order valence-corrected chi connectivity index (χ3v) is 5.07. The lowest BCUT2D eigenvalue weighted by Gasteiger charge is -2.24. The van der Waals surface area contributed by atoms with Crippen LogP contribution in [0.5, 0.6) is 11.5 Å². The van der Waals surface area contributed by atoms with E-state index in [9.17, 15) is 9.90 Å². The van der Waals surface area contributed by atoms with Crippen molar-refractivity contribution in [1.29, 1.82) is 0 Å². The highest BCUT2D eigenvalue weighted by Crippen LogP contribution is 2.27. The van der Waals surface area contributed by atoms with Crippen molar-refractivity contribution in [1.82, 2.24) is 0 Å². The molecule has 3 aromatic rings. The fourth-order valence-corrected chi connectivity index (χ4v) is 3.33. The molecule has 0 radical (unpaired) electrons. The Morgan fingerprint density at radius 3 is 2.38 bits per heavy atom. The van der Waals surface area contributed by atoms with Gasteiger partial charge in [-0.1, -0.05) is 48.5 Å². The van der Waals surface area contributed by atoms with Crippen molar-refractivity contribution in [2.45, 2.75) is 25.0 Å². The van der Waals surface area contributed by atoms with Gasteiger partial charge in [0.1, 0.15) is 30.3 Å². The molecule has 0 unspecified atom stereocenters. The van der Waals surface area contributed by atoms with Crippen molar-refractivity contribution in [2.75, 3.05) is 24.3 Å². The first-order valence-electron chi connectivity index (χ1n) is 11.1. The number of rotatable bonds is 12. The van der Waals surface area contributed by atoms with Crippen LogP contribution in [-0.2, 0) is 4.79 Å². The van der Waals surface area contributed by atoms with Gasteiger partial charge in [-0.3, -0.25) is 4.79 Å². The Balaban J connectivity index is 1.62. The van der Waals surface area contributed by atoms with Crippen LogP contribution in [0.25, 0.3) is 0 Å². The maximum absolute atomic E-state index is 12.2. The zero-order valence-electron chi connectivity index (χ0n) is 18.8. The number of nitrogen functional groups attached to an aromatic ring is 1. The first-order chi connectivity index (χ1) is 16.6. The SMILES string of the molecule is Nc1ccccc1NC(=O)/C=C/CC[C@H](Oc1ccccc1)[C@@H](O)c1ccc(OCCO)cc1. The van der Waals surface area contributed by atoms with Gasteiger partial charge in [-0.25, -0.2) is 0 Å². The minimum atomic E-state index is -0.890. The van der Waals surface area contributed by atoms with Crippen LogP contribution in [0.15, 0.2) is 91.0 Å². The number of amides is 1. The Bertz CT molecular complexity index is 1050. The number of hydrogen-bond donors (Lipinski definition) is 4. The number of ether oxygens (including phenoxy) is 2. The van der Waals surface area contributed by atoms with E-state index in [1.807, 2.05) is 30.3 Å². The normalized spacial score (nSPS) is 12.8. The summed E-state index contributed by atoms with van der Waals surface area (Å²) in [5.41, 5.74) is 7.59. The second kappa shape index (κ2) is 13.0. The van der Waals surface area contributed by atoms with E-state index in [1.54, 1.807) is 54.6 Å². The van der Waals surface area contributed by atoms with Crippen LogP contribution in [0.1, 0.15) is 24.5 Å². The summed E-state index contributed by atoms with van der Waals surface area (Å²) >= 11 is 0. The maximum Gasteiger partial charge on any atom is 0.248 e. The molecule has 34 heavy (non-hydrogen) atoms. The lowest BCUT2D eigenvalue weighted by atomic mass is 10.00. The number of carbonyl (C=O) groups is 1. The predicted octanol–water partition coefficient (Wildman–Crippen LogP) is 4.10. The topological polar surface area (TPSA) is 114 Å². The Morgan fingerprint density at radius 1 is 0.971 bits per heavy atom. The molecule has 5 N–H and O–H groups in total.